The van der Waals surface area contributed by atoms with Crippen LogP contribution in [0, 0.1) is 0 Å². The molecule has 1 aromatic carbocycles. The molecule has 1 saturated carbocycles. The summed E-state index contributed by atoms with van der Waals surface area (Å²) >= 11 is 2.91. The normalized spacial score (nSPS) is 17.8. The molecule has 1 aromatic heterocycles. The van der Waals surface area contributed by atoms with Gasteiger partial charge >= 0.3 is 0 Å². The Labute approximate surface area is 184 Å². The van der Waals surface area contributed by atoms with Crippen molar-refractivity contribution in [1.29, 1.82) is 0 Å². The lowest BCUT2D eigenvalue weighted by molar-refractivity contribution is -0.118. The van der Waals surface area contributed by atoms with Gasteiger partial charge in [0.2, 0.25) is 21.1 Å². The molecule has 30 heavy (non-hydrogen) atoms. The molecule has 8 nitrogen and oxygen atoms in total. The predicted molar refractivity (Wildman–Crippen MR) is 116 cm³/mol. The van der Waals surface area contributed by atoms with Crippen LogP contribution in [-0.4, -0.2) is 61.2 Å². The number of ether oxygens (including phenoxy) is 1. The number of hydrogen-bond acceptors (Lipinski definition) is 8. The number of sulfonamides is 1. The summed E-state index contributed by atoms with van der Waals surface area (Å²) < 4.78 is 33.2. The smallest absolute Gasteiger partial charge is 0.243 e. The third-order valence-corrected chi connectivity index (χ3v) is 8.98. The summed E-state index contributed by atoms with van der Waals surface area (Å²) in [5.74, 6) is 0.651. The maximum absolute atomic E-state index is 12.9. The number of thioether (sulfide) groups is 1. The van der Waals surface area contributed by atoms with Crippen molar-refractivity contribution in [2.45, 2.75) is 47.2 Å². The Morgan fingerprint density at radius 2 is 2.07 bits per heavy atom. The molecule has 2 heterocycles. The fraction of sp³-hybridized carbons (Fsp3) is 0.526. The zero-order valence-corrected chi connectivity index (χ0v) is 19.1. The van der Waals surface area contributed by atoms with Gasteiger partial charge in [-0.2, -0.15) is 4.31 Å². The van der Waals surface area contributed by atoms with Gasteiger partial charge in [-0.05, 0) is 30.5 Å². The topological polar surface area (TPSA) is 92.7 Å². The molecule has 2 aromatic rings. The largest absolute Gasteiger partial charge is 0.379 e. The average molecular weight is 469 g/mol. The van der Waals surface area contributed by atoms with Crippen LogP contribution in [0.2, 0.25) is 0 Å². The molecule has 1 saturated heterocycles. The van der Waals surface area contributed by atoms with Gasteiger partial charge in [0.15, 0.2) is 4.34 Å². The lowest BCUT2D eigenvalue weighted by atomic mass is 10.2. The molecule has 11 heteroatoms. The second kappa shape index (κ2) is 9.31. The summed E-state index contributed by atoms with van der Waals surface area (Å²) in [5, 5.41) is 9.08. The van der Waals surface area contributed by atoms with Gasteiger partial charge in [-0.1, -0.05) is 42.2 Å². The quantitative estimate of drug-likeness (QED) is 0.434. The monoisotopic (exact) mass is 468 g/mol. The lowest BCUT2D eigenvalue weighted by Gasteiger charge is -2.26. The molecule has 2 fully saturated rings. The molecule has 2 aliphatic rings. The van der Waals surface area contributed by atoms with Crippen LogP contribution in [0.5, 0.6) is 0 Å². The van der Waals surface area contributed by atoms with E-state index in [1.165, 1.54) is 27.4 Å². The standard InChI is InChI=1S/C19H24N4O4S3/c1-2-17(24)23(15-6-7-15)18-20-21-19(29-18)28-13-14-4-3-5-16(12-14)30(25,26)22-8-10-27-11-9-22/h3-5,12,15H,2,6-11,13H2,1H3. The van der Waals surface area contributed by atoms with E-state index in [0.29, 0.717) is 48.5 Å². The first-order valence-electron chi connectivity index (χ1n) is 9.94. The summed E-state index contributed by atoms with van der Waals surface area (Å²) in [5.41, 5.74) is 0.898. The van der Waals surface area contributed by atoms with Gasteiger partial charge in [-0.3, -0.25) is 9.69 Å². The van der Waals surface area contributed by atoms with Crippen LogP contribution in [0.3, 0.4) is 0 Å². The second-order valence-corrected chi connectivity index (χ2v) is 11.3. The molecule has 0 bridgehead atoms. The zero-order valence-electron chi connectivity index (χ0n) is 16.7. The Morgan fingerprint density at radius 3 is 2.77 bits per heavy atom. The number of aromatic nitrogens is 2. The van der Waals surface area contributed by atoms with Gasteiger partial charge in [0, 0.05) is 31.3 Å². The van der Waals surface area contributed by atoms with E-state index in [1.54, 1.807) is 23.1 Å². The van der Waals surface area contributed by atoms with Crippen molar-refractivity contribution in [1.82, 2.24) is 14.5 Å². The van der Waals surface area contributed by atoms with E-state index in [0.717, 1.165) is 22.7 Å². The Balaban J connectivity index is 1.43. The van der Waals surface area contributed by atoms with Crippen molar-refractivity contribution in [3.8, 4) is 0 Å². The highest BCUT2D eigenvalue weighted by atomic mass is 32.2. The van der Waals surface area contributed by atoms with Crippen LogP contribution in [0.25, 0.3) is 0 Å². The lowest BCUT2D eigenvalue weighted by Crippen LogP contribution is -2.40. The van der Waals surface area contributed by atoms with Crippen LogP contribution >= 0.6 is 23.1 Å². The van der Waals surface area contributed by atoms with Crippen LogP contribution in [0.15, 0.2) is 33.5 Å². The number of anilines is 1. The average Bonchev–Trinajstić information content (AvgIpc) is 3.50. The summed E-state index contributed by atoms with van der Waals surface area (Å²) in [6.45, 7) is 3.46. The first-order chi connectivity index (χ1) is 14.5. The molecule has 0 radical (unpaired) electrons. The minimum atomic E-state index is -3.52. The molecular formula is C19H24N4O4S3. The maximum Gasteiger partial charge on any atom is 0.243 e. The van der Waals surface area contributed by atoms with Gasteiger partial charge in [-0.25, -0.2) is 8.42 Å². The molecule has 0 spiro atoms. The van der Waals surface area contributed by atoms with E-state index in [9.17, 15) is 13.2 Å². The Bertz CT molecular complexity index is 1000. The van der Waals surface area contributed by atoms with Crippen molar-refractivity contribution in [3.63, 3.8) is 0 Å². The third-order valence-electron chi connectivity index (χ3n) is 4.95. The molecule has 1 aliphatic heterocycles. The first-order valence-corrected chi connectivity index (χ1v) is 13.2. The molecule has 0 N–H and O–H groups in total. The Kier molecular flexibility index (Phi) is 6.73. The number of benzene rings is 1. The SMILES string of the molecule is CCC(=O)N(c1nnc(SCc2cccc(S(=O)(=O)N3CCOCC3)c2)s1)C1CC1. The van der Waals surface area contributed by atoms with E-state index < -0.39 is 10.0 Å². The van der Waals surface area contributed by atoms with Gasteiger partial charge in [0.05, 0.1) is 18.1 Å². The summed E-state index contributed by atoms with van der Waals surface area (Å²) in [4.78, 5) is 14.3. The van der Waals surface area contributed by atoms with Crippen molar-refractivity contribution >= 4 is 44.2 Å². The Morgan fingerprint density at radius 1 is 1.30 bits per heavy atom. The van der Waals surface area contributed by atoms with Gasteiger partial charge in [0.25, 0.3) is 0 Å². The van der Waals surface area contributed by atoms with Crippen molar-refractivity contribution in [2.75, 3.05) is 31.2 Å². The van der Waals surface area contributed by atoms with Crippen LogP contribution in [0.4, 0.5) is 5.13 Å². The maximum atomic E-state index is 12.9. The number of amides is 1. The highest BCUT2D eigenvalue weighted by Gasteiger charge is 2.35. The van der Waals surface area contributed by atoms with E-state index in [-0.39, 0.29) is 11.9 Å². The molecule has 0 unspecified atom stereocenters. The number of carbonyl (C=O) groups excluding carboxylic acids is 1. The highest BCUT2D eigenvalue weighted by Crippen LogP contribution is 2.37. The number of carbonyl (C=O) groups is 1. The third kappa shape index (κ3) is 4.86. The highest BCUT2D eigenvalue weighted by molar-refractivity contribution is 8.00. The van der Waals surface area contributed by atoms with E-state index >= 15 is 0 Å². The van der Waals surface area contributed by atoms with Crippen LogP contribution in [-0.2, 0) is 25.3 Å². The predicted octanol–water partition coefficient (Wildman–Crippen LogP) is 2.76. The van der Waals surface area contributed by atoms with Gasteiger partial charge in [-0.15, -0.1) is 10.2 Å². The van der Waals surface area contributed by atoms with Crippen LogP contribution in [0.1, 0.15) is 31.7 Å². The van der Waals surface area contributed by atoms with E-state index in [4.69, 9.17) is 4.74 Å². The zero-order chi connectivity index (χ0) is 21.1. The number of nitrogens with zero attached hydrogens (tertiary/aromatic N) is 4. The number of hydrogen-bond donors (Lipinski definition) is 0. The molecular weight excluding hydrogens is 444 g/mol. The van der Waals surface area contributed by atoms with E-state index in [2.05, 4.69) is 10.2 Å². The van der Waals surface area contributed by atoms with Gasteiger partial charge < -0.3 is 4.74 Å². The Hall–Kier alpha value is -1.53. The molecule has 1 aliphatic carbocycles. The first kappa shape index (κ1) is 21.7. The summed E-state index contributed by atoms with van der Waals surface area (Å²) in [7, 11) is -3.52. The second-order valence-electron chi connectivity index (χ2n) is 7.15. The minimum absolute atomic E-state index is 0.0752. The molecule has 4 rings (SSSR count). The van der Waals surface area contributed by atoms with E-state index in [1.807, 2.05) is 13.0 Å². The fourth-order valence-corrected chi connectivity index (χ4v) is 6.56. The summed E-state index contributed by atoms with van der Waals surface area (Å²) in [6, 6.07) is 7.28. The molecule has 0 atom stereocenters. The van der Waals surface area contributed by atoms with Crippen molar-refractivity contribution in [2.24, 2.45) is 0 Å². The minimum Gasteiger partial charge on any atom is -0.379 e. The molecule has 162 valence electrons. The van der Waals surface area contributed by atoms with Crippen molar-refractivity contribution in [3.05, 3.63) is 29.8 Å². The van der Waals surface area contributed by atoms with Gasteiger partial charge in [0.1, 0.15) is 0 Å². The number of morpholine rings is 1. The summed E-state index contributed by atoms with van der Waals surface area (Å²) in [6.07, 6.45) is 2.47. The molecule has 1 amide bonds. The van der Waals surface area contributed by atoms with Crippen LogP contribution < -0.4 is 4.90 Å². The fourth-order valence-electron chi connectivity index (χ4n) is 3.20. The van der Waals surface area contributed by atoms with Crippen molar-refractivity contribution < 1.29 is 17.9 Å². The number of rotatable bonds is 8.